The fourth-order valence-electron chi connectivity index (χ4n) is 1.64. The van der Waals surface area contributed by atoms with E-state index in [0.29, 0.717) is 6.04 Å². The summed E-state index contributed by atoms with van der Waals surface area (Å²) in [6, 6.07) is 4.68. The summed E-state index contributed by atoms with van der Waals surface area (Å²) in [5.41, 5.74) is 5.54. The lowest BCUT2D eigenvalue weighted by Crippen LogP contribution is -2.26. The normalized spacial score (nSPS) is 13.9. The quantitative estimate of drug-likeness (QED) is 0.776. The number of ether oxygens (including phenoxy) is 1. The standard InChI is InChI=1S/C13H15FN2O2S/c14-9-2-1-3-10(12(9)13(15)19)18-7-6-11(17)16-8-4-5-8/h1-3,8H,4-7H2,(H2,15,19)(H,16,17). The first-order valence-corrected chi connectivity index (χ1v) is 6.49. The molecule has 6 heteroatoms. The first kappa shape index (κ1) is 13.7. The number of hydrogen-bond acceptors (Lipinski definition) is 3. The summed E-state index contributed by atoms with van der Waals surface area (Å²) in [6.45, 7) is 0.164. The first-order valence-electron chi connectivity index (χ1n) is 6.08. The van der Waals surface area contributed by atoms with Gasteiger partial charge in [0.05, 0.1) is 18.6 Å². The maximum Gasteiger partial charge on any atom is 0.223 e. The highest BCUT2D eigenvalue weighted by atomic mass is 32.1. The molecule has 19 heavy (non-hydrogen) atoms. The third kappa shape index (κ3) is 3.89. The summed E-state index contributed by atoms with van der Waals surface area (Å²) in [4.78, 5) is 11.4. The van der Waals surface area contributed by atoms with Crippen LogP contribution in [0.3, 0.4) is 0 Å². The van der Waals surface area contributed by atoms with Crippen LogP contribution in [0.5, 0.6) is 5.75 Å². The van der Waals surface area contributed by atoms with Crippen molar-refractivity contribution in [2.24, 2.45) is 5.73 Å². The zero-order valence-corrected chi connectivity index (χ0v) is 11.1. The number of nitrogens with two attached hydrogens (primary N) is 1. The average molecular weight is 282 g/mol. The number of rotatable bonds is 6. The van der Waals surface area contributed by atoms with Crippen molar-refractivity contribution in [1.29, 1.82) is 0 Å². The van der Waals surface area contributed by atoms with Gasteiger partial charge in [0.1, 0.15) is 16.6 Å². The Hall–Kier alpha value is -1.69. The molecule has 1 aliphatic carbocycles. The van der Waals surface area contributed by atoms with Crippen molar-refractivity contribution in [1.82, 2.24) is 5.32 Å². The molecule has 0 bridgehead atoms. The molecular weight excluding hydrogens is 267 g/mol. The van der Waals surface area contributed by atoms with Crippen LogP contribution in [0.4, 0.5) is 4.39 Å². The van der Waals surface area contributed by atoms with E-state index in [9.17, 15) is 9.18 Å². The molecule has 2 rings (SSSR count). The van der Waals surface area contributed by atoms with Gasteiger partial charge in [-0.15, -0.1) is 0 Å². The van der Waals surface area contributed by atoms with Gasteiger partial charge in [0.15, 0.2) is 0 Å². The van der Waals surface area contributed by atoms with Crippen LogP contribution in [0.25, 0.3) is 0 Å². The van der Waals surface area contributed by atoms with E-state index in [0.717, 1.165) is 12.8 Å². The summed E-state index contributed by atoms with van der Waals surface area (Å²) in [5.74, 6) is -0.310. The number of nitrogens with one attached hydrogen (secondary N) is 1. The molecule has 1 aromatic rings. The van der Waals surface area contributed by atoms with Crippen LogP contribution in [0.1, 0.15) is 24.8 Å². The number of hydrogen-bond donors (Lipinski definition) is 2. The third-order valence-electron chi connectivity index (χ3n) is 2.75. The highest BCUT2D eigenvalue weighted by Crippen LogP contribution is 2.22. The molecule has 0 radical (unpaired) electrons. The summed E-state index contributed by atoms with van der Waals surface area (Å²) in [5, 5.41) is 2.85. The molecule has 0 aromatic heterocycles. The van der Waals surface area contributed by atoms with Crippen LogP contribution in [-0.2, 0) is 4.79 Å². The van der Waals surface area contributed by atoms with Gasteiger partial charge < -0.3 is 15.8 Å². The van der Waals surface area contributed by atoms with E-state index in [1.54, 1.807) is 6.07 Å². The highest BCUT2D eigenvalue weighted by Gasteiger charge is 2.23. The molecule has 4 nitrogen and oxygen atoms in total. The van der Waals surface area contributed by atoms with E-state index in [1.165, 1.54) is 12.1 Å². The van der Waals surface area contributed by atoms with Gasteiger partial charge in [0, 0.05) is 6.04 Å². The molecule has 1 fully saturated rings. The van der Waals surface area contributed by atoms with Gasteiger partial charge in [-0.2, -0.15) is 0 Å². The van der Waals surface area contributed by atoms with Crippen LogP contribution in [0.15, 0.2) is 18.2 Å². The molecule has 102 valence electrons. The zero-order valence-electron chi connectivity index (χ0n) is 10.3. The Bertz CT molecular complexity index is 503. The summed E-state index contributed by atoms with van der Waals surface area (Å²) < 4.78 is 18.9. The largest absolute Gasteiger partial charge is 0.492 e. The van der Waals surface area contributed by atoms with Crippen LogP contribution in [-0.4, -0.2) is 23.5 Å². The molecule has 1 saturated carbocycles. The highest BCUT2D eigenvalue weighted by molar-refractivity contribution is 7.80. The van der Waals surface area contributed by atoms with Gasteiger partial charge in [0.2, 0.25) is 5.91 Å². The molecule has 0 heterocycles. The molecule has 1 aromatic carbocycles. The Balaban J connectivity index is 1.89. The van der Waals surface area contributed by atoms with Crippen molar-refractivity contribution in [2.45, 2.75) is 25.3 Å². The smallest absolute Gasteiger partial charge is 0.223 e. The third-order valence-corrected chi connectivity index (χ3v) is 2.96. The molecule has 1 aliphatic rings. The summed E-state index contributed by atoms with van der Waals surface area (Å²) in [6.07, 6.45) is 2.31. The van der Waals surface area contributed by atoms with Gasteiger partial charge >= 0.3 is 0 Å². The fourth-order valence-corrected chi connectivity index (χ4v) is 1.84. The predicted octanol–water partition coefficient (Wildman–Crippen LogP) is 1.51. The second-order valence-corrected chi connectivity index (χ2v) is 4.86. The molecule has 0 aliphatic heterocycles. The Morgan fingerprint density at radius 2 is 2.26 bits per heavy atom. The van der Waals surface area contributed by atoms with Crippen molar-refractivity contribution >= 4 is 23.1 Å². The van der Waals surface area contributed by atoms with Gasteiger partial charge in [0.25, 0.3) is 0 Å². The minimum atomic E-state index is -0.521. The second-order valence-electron chi connectivity index (χ2n) is 4.42. The Morgan fingerprint density at radius 1 is 1.53 bits per heavy atom. The van der Waals surface area contributed by atoms with Crippen molar-refractivity contribution < 1.29 is 13.9 Å². The lowest BCUT2D eigenvalue weighted by molar-refractivity contribution is -0.121. The predicted molar refractivity (Wildman–Crippen MR) is 73.6 cm³/mol. The molecule has 0 atom stereocenters. The molecule has 3 N–H and O–H groups in total. The summed E-state index contributed by atoms with van der Waals surface area (Å²) in [7, 11) is 0. The Labute approximate surface area is 116 Å². The molecule has 0 saturated heterocycles. The van der Waals surface area contributed by atoms with Crippen molar-refractivity contribution in [3.63, 3.8) is 0 Å². The number of amides is 1. The van der Waals surface area contributed by atoms with Crippen LogP contribution < -0.4 is 15.8 Å². The molecule has 0 unspecified atom stereocenters. The molecule has 1 amide bonds. The van der Waals surface area contributed by atoms with Gasteiger partial charge in [-0.1, -0.05) is 18.3 Å². The monoisotopic (exact) mass is 282 g/mol. The number of benzene rings is 1. The van der Waals surface area contributed by atoms with Crippen molar-refractivity contribution in [3.8, 4) is 5.75 Å². The van der Waals surface area contributed by atoms with E-state index in [1.807, 2.05) is 0 Å². The zero-order chi connectivity index (χ0) is 13.8. The van der Waals surface area contributed by atoms with Gasteiger partial charge in [-0.3, -0.25) is 4.79 Å². The van der Waals surface area contributed by atoms with Crippen molar-refractivity contribution in [2.75, 3.05) is 6.61 Å². The van der Waals surface area contributed by atoms with Crippen molar-refractivity contribution in [3.05, 3.63) is 29.6 Å². The number of carbonyl (C=O) groups excluding carboxylic acids is 1. The molecular formula is C13H15FN2O2S. The van der Waals surface area contributed by atoms with Crippen LogP contribution >= 0.6 is 12.2 Å². The molecule has 0 spiro atoms. The van der Waals surface area contributed by atoms with E-state index >= 15 is 0 Å². The SMILES string of the molecule is NC(=S)c1c(F)cccc1OCCC(=O)NC1CC1. The van der Waals surface area contributed by atoms with E-state index in [4.69, 9.17) is 22.7 Å². The number of carbonyl (C=O) groups is 1. The minimum Gasteiger partial charge on any atom is -0.492 e. The maximum absolute atomic E-state index is 13.5. The first-order chi connectivity index (χ1) is 9.08. The Kier molecular flexibility index (Phi) is 4.31. The van der Waals surface area contributed by atoms with Crippen LogP contribution in [0.2, 0.25) is 0 Å². The number of thiocarbonyl (C=S) groups is 1. The maximum atomic E-state index is 13.5. The topological polar surface area (TPSA) is 64.3 Å². The van der Waals surface area contributed by atoms with Gasteiger partial charge in [-0.05, 0) is 25.0 Å². The van der Waals surface area contributed by atoms with E-state index in [2.05, 4.69) is 5.32 Å². The Morgan fingerprint density at radius 3 is 2.89 bits per heavy atom. The average Bonchev–Trinajstić information content (AvgIpc) is 3.12. The second kappa shape index (κ2) is 5.97. The number of halogens is 1. The van der Waals surface area contributed by atoms with Crippen LogP contribution in [0, 0.1) is 5.82 Å². The lowest BCUT2D eigenvalue weighted by Gasteiger charge is -2.11. The lowest BCUT2D eigenvalue weighted by atomic mass is 10.2. The van der Waals surface area contributed by atoms with E-state index < -0.39 is 5.82 Å². The summed E-state index contributed by atoms with van der Waals surface area (Å²) >= 11 is 4.78. The minimum absolute atomic E-state index is 0.0595. The van der Waals surface area contributed by atoms with Gasteiger partial charge in [-0.25, -0.2) is 4.39 Å². The van der Waals surface area contributed by atoms with E-state index in [-0.39, 0.29) is 35.2 Å². The fraction of sp³-hybridized carbons (Fsp3) is 0.385.